The van der Waals surface area contributed by atoms with E-state index in [4.69, 9.17) is 5.26 Å². The van der Waals surface area contributed by atoms with Crippen molar-refractivity contribution >= 4 is 0 Å². The van der Waals surface area contributed by atoms with Crippen molar-refractivity contribution in [3.63, 3.8) is 0 Å². The van der Waals surface area contributed by atoms with Crippen LogP contribution in [0.15, 0.2) is 18.2 Å². The molecule has 0 spiro atoms. The van der Waals surface area contributed by atoms with Crippen LogP contribution in [-0.4, -0.2) is 12.6 Å². The highest BCUT2D eigenvalue weighted by Gasteiger charge is 2.16. The van der Waals surface area contributed by atoms with Crippen molar-refractivity contribution in [2.24, 2.45) is 0 Å². The molecule has 0 radical (unpaired) electrons. The van der Waals surface area contributed by atoms with Gasteiger partial charge < -0.3 is 5.32 Å². The van der Waals surface area contributed by atoms with Crippen LogP contribution in [0.3, 0.4) is 0 Å². The van der Waals surface area contributed by atoms with Crippen LogP contribution >= 0.6 is 0 Å². The van der Waals surface area contributed by atoms with E-state index in [-0.39, 0.29) is 11.1 Å². The zero-order valence-electron chi connectivity index (χ0n) is 9.26. The first-order chi connectivity index (χ1) is 6.98. The van der Waals surface area contributed by atoms with Crippen LogP contribution in [-0.2, 0) is 6.42 Å². The van der Waals surface area contributed by atoms with Crippen molar-refractivity contribution in [3.8, 4) is 6.07 Å². The molecule has 2 nitrogen and oxygen atoms in total. The highest BCUT2D eigenvalue weighted by Crippen LogP contribution is 2.15. The summed E-state index contributed by atoms with van der Waals surface area (Å²) in [4.78, 5) is 0. The Morgan fingerprint density at radius 2 is 2.13 bits per heavy atom. The molecular weight excluding hydrogens is 191 g/mol. The zero-order valence-corrected chi connectivity index (χ0v) is 9.26. The first-order valence-corrected chi connectivity index (χ1v) is 4.86. The maximum atomic E-state index is 13.0. The standard InChI is InChI=1S/C12H15FN2/c1-12(2,15-3)7-9-4-5-11(13)10(6-9)8-14/h4-6,15H,7H2,1-3H3. The van der Waals surface area contributed by atoms with E-state index in [2.05, 4.69) is 19.2 Å². The van der Waals surface area contributed by atoms with E-state index in [1.807, 2.05) is 13.1 Å². The fraction of sp³-hybridized carbons (Fsp3) is 0.417. The van der Waals surface area contributed by atoms with E-state index >= 15 is 0 Å². The Bertz CT molecular complexity index is 391. The van der Waals surface area contributed by atoms with Crippen molar-refractivity contribution < 1.29 is 4.39 Å². The molecule has 15 heavy (non-hydrogen) atoms. The van der Waals surface area contributed by atoms with Gasteiger partial charge in [0.05, 0.1) is 5.56 Å². The van der Waals surface area contributed by atoms with Crippen LogP contribution < -0.4 is 5.32 Å². The second-order valence-electron chi connectivity index (χ2n) is 4.24. The van der Waals surface area contributed by atoms with Crippen molar-refractivity contribution in [2.75, 3.05) is 7.05 Å². The number of halogens is 1. The summed E-state index contributed by atoms with van der Waals surface area (Å²) in [5.74, 6) is -0.455. The van der Waals surface area contributed by atoms with Gasteiger partial charge in [0, 0.05) is 5.54 Å². The minimum Gasteiger partial charge on any atom is -0.314 e. The topological polar surface area (TPSA) is 35.8 Å². The molecule has 0 fully saturated rings. The predicted molar refractivity (Wildman–Crippen MR) is 58.0 cm³/mol. The molecule has 0 atom stereocenters. The second-order valence-corrected chi connectivity index (χ2v) is 4.24. The smallest absolute Gasteiger partial charge is 0.140 e. The molecule has 0 amide bonds. The third-order valence-corrected chi connectivity index (χ3v) is 2.47. The fourth-order valence-corrected chi connectivity index (χ4v) is 1.37. The van der Waals surface area contributed by atoms with Gasteiger partial charge in [-0.15, -0.1) is 0 Å². The molecule has 0 saturated heterocycles. The van der Waals surface area contributed by atoms with Gasteiger partial charge in [0.2, 0.25) is 0 Å². The SMILES string of the molecule is CNC(C)(C)Cc1ccc(F)c(C#N)c1. The van der Waals surface area contributed by atoms with E-state index in [1.165, 1.54) is 6.07 Å². The van der Waals surface area contributed by atoms with Gasteiger partial charge in [-0.05, 0) is 45.0 Å². The molecule has 0 unspecified atom stereocenters. The summed E-state index contributed by atoms with van der Waals surface area (Å²) < 4.78 is 13.0. The molecule has 0 aromatic heterocycles. The lowest BCUT2D eigenvalue weighted by Gasteiger charge is -2.24. The Labute approximate surface area is 89.7 Å². The van der Waals surface area contributed by atoms with Crippen LogP contribution in [0.2, 0.25) is 0 Å². The van der Waals surface area contributed by atoms with Crippen LogP contribution in [0.4, 0.5) is 4.39 Å². The summed E-state index contributed by atoms with van der Waals surface area (Å²) in [5.41, 5.74) is 1.02. The molecule has 0 aliphatic carbocycles. The normalized spacial score (nSPS) is 11.1. The second kappa shape index (κ2) is 4.41. The number of rotatable bonds is 3. The summed E-state index contributed by atoms with van der Waals surface area (Å²) in [6.07, 6.45) is 0.762. The molecule has 1 N–H and O–H groups in total. The zero-order chi connectivity index (χ0) is 11.5. The van der Waals surface area contributed by atoms with Gasteiger partial charge in [0.1, 0.15) is 11.9 Å². The highest BCUT2D eigenvalue weighted by atomic mass is 19.1. The highest BCUT2D eigenvalue weighted by molar-refractivity contribution is 5.35. The number of nitriles is 1. The number of hydrogen-bond donors (Lipinski definition) is 1. The summed E-state index contributed by atoms with van der Waals surface area (Å²) >= 11 is 0. The lowest BCUT2D eigenvalue weighted by molar-refractivity contribution is 0.421. The quantitative estimate of drug-likeness (QED) is 0.823. The largest absolute Gasteiger partial charge is 0.314 e. The molecule has 0 aliphatic rings. The summed E-state index contributed by atoms with van der Waals surface area (Å²) in [5, 5.41) is 11.9. The van der Waals surface area contributed by atoms with Gasteiger partial charge >= 0.3 is 0 Å². The molecule has 3 heteroatoms. The number of nitrogens with zero attached hydrogens (tertiary/aromatic N) is 1. The Hall–Kier alpha value is -1.40. The van der Waals surface area contributed by atoms with Gasteiger partial charge in [-0.2, -0.15) is 5.26 Å². The summed E-state index contributed by atoms with van der Waals surface area (Å²) in [6, 6.07) is 6.51. The van der Waals surface area contributed by atoms with E-state index in [9.17, 15) is 4.39 Å². The van der Waals surface area contributed by atoms with Crippen LogP contribution in [0, 0.1) is 17.1 Å². The Balaban J connectivity index is 2.94. The Kier molecular flexibility index (Phi) is 3.43. The Morgan fingerprint density at radius 1 is 1.47 bits per heavy atom. The molecule has 0 bridgehead atoms. The van der Waals surface area contributed by atoms with E-state index < -0.39 is 5.82 Å². The average Bonchev–Trinajstić information content (AvgIpc) is 2.20. The molecular formula is C12H15FN2. The molecule has 0 heterocycles. The van der Waals surface area contributed by atoms with Crippen LogP contribution in [0.5, 0.6) is 0 Å². The van der Waals surface area contributed by atoms with E-state index in [0.29, 0.717) is 0 Å². The van der Waals surface area contributed by atoms with Crippen molar-refractivity contribution in [1.29, 1.82) is 5.26 Å². The van der Waals surface area contributed by atoms with Crippen molar-refractivity contribution in [2.45, 2.75) is 25.8 Å². The average molecular weight is 206 g/mol. The molecule has 80 valence electrons. The van der Waals surface area contributed by atoms with Gasteiger partial charge in [-0.3, -0.25) is 0 Å². The summed E-state index contributed by atoms with van der Waals surface area (Å²) in [7, 11) is 1.88. The minimum absolute atomic E-state index is 0.0510. The summed E-state index contributed by atoms with van der Waals surface area (Å²) in [6.45, 7) is 4.12. The number of likely N-dealkylation sites (N-methyl/N-ethyl adjacent to an activating group) is 1. The Morgan fingerprint density at radius 3 is 2.67 bits per heavy atom. The number of hydrogen-bond acceptors (Lipinski definition) is 2. The van der Waals surface area contributed by atoms with Gasteiger partial charge in [0.15, 0.2) is 0 Å². The predicted octanol–water partition coefficient (Wildman–Crippen LogP) is 2.24. The van der Waals surface area contributed by atoms with Gasteiger partial charge in [-0.1, -0.05) is 6.07 Å². The monoisotopic (exact) mass is 206 g/mol. The molecule has 1 aromatic carbocycles. The van der Waals surface area contributed by atoms with Crippen molar-refractivity contribution in [1.82, 2.24) is 5.32 Å². The van der Waals surface area contributed by atoms with E-state index in [1.54, 1.807) is 12.1 Å². The third-order valence-electron chi connectivity index (χ3n) is 2.47. The number of benzene rings is 1. The molecule has 0 aliphatic heterocycles. The van der Waals surface area contributed by atoms with Gasteiger partial charge in [0.25, 0.3) is 0 Å². The van der Waals surface area contributed by atoms with E-state index in [0.717, 1.165) is 12.0 Å². The van der Waals surface area contributed by atoms with Crippen LogP contribution in [0.25, 0.3) is 0 Å². The first-order valence-electron chi connectivity index (χ1n) is 4.86. The minimum atomic E-state index is -0.455. The maximum absolute atomic E-state index is 13.0. The fourth-order valence-electron chi connectivity index (χ4n) is 1.37. The molecule has 0 saturated carbocycles. The molecule has 1 rings (SSSR count). The maximum Gasteiger partial charge on any atom is 0.140 e. The molecule has 1 aromatic rings. The van der Waals surface area contributed by atoms with Crippen molar-refractivity contribution in [3.05, 3.63) is 35.1 Å². The first kappa shape index (κ1) is 11.7. The number of nitrogens with one attached hydrogen (secondary N) is 1. The van der Waals surface area contributed by atoms with Crippen LogP contribution in [0.1, 0.15) is 25.0 Å². The van der Waals surface area contributed by atoms with Gasteiger partial charge in [-0.25, -0.2) is 4.39 Å². The third kappa shape index (κ3) is 3.03. The lowest BCUT2D eigenvalue weighted by atomic mass is 9.94. The lowest BCUT2D eigenvalue weighted by Crippen LogP contribution is -2.38.